The zero-order chi connectivity index (χ0) is 16.2. The molecule has 0 saturated carbocycles. The van der Waals surface area contributed by atoms with Crippen LogP contribution in [0.3, 0.4) is 0 Å². The van der Waals surface area contributed by atoms with E-state index in [2.05, 4.69) is 6.07 Å². The summed E-state index contributed by atoms with van der Waals surface area (Å²) in [7, 11) is 0. The summed E-state index contributed by atoms with van der Waals surface area (Å²) in [6.07, 6.45) is 3.50. The quantitative estimate of drug-likeness (QED) is 0.599. The van der Waals surface area contributed by atoms with Crippen LogP contribution in [0.4, 0.5) is 4.39 Å². The molecule has 112 valence electrons. The Morgan fingerprint density at radius 3 is 2.48 bits per heavy atom. The lowest BCUT2D eigenvalue weighted by Gasteiger charge is -2.08. The highest BCUT2D eigenvalue weighted by molar-refractivity contribution is 6.30. The molecular formula is C19H12ClFN2. The molecule has 3 rings (SSSR count). The topological polar surface area (TPSA) is 28.7 Å². The zero-order valence-electron chi connectivity index (χ0n) is 12.1. The predicted octanol–water partition coefficient (Wildman–Crippen LogP) is 5.33. The first-order valence-corrected chi connectivity index (χ1v) is 7.37. The van der Waals surface area contributed by atoms with Crippen LogP contribution in [0.5, 0.6) is 0 Å². The van der Waals surface area contributed by atoms with E-state index in [-0.39, 0.29) is 5.82 Å². The molecule has 0 fully saturated rings. The molecule has 2 aromatic carbocycles. The van der Waals surface area contributed by atoms with Gasteiger partial charge in [-0.25, -0.2) is 4.39 Å². The third-order valence-corrected chi connectivity index (χ3v) is 3.71. The highest BCUT2D eigenvalue weighted by Crippen LogP contribution is 2.23. The molecule has 1 heterocycles. The van der Waals surface area contributed by atoms with Gasteiger partial charge in [-0.1, -0.05) is 35.9 Å². The fourth-order valence-electron chi connectivity index (χ4n) is 2.34. The van der Waals surface area contributed by atoms with Crippen LogP contribution in [0.15, 0.2) is 66.9 Å². The van der Waals surface area contributed by atoms with E-state index in [1.807, 2.05) is 12.1 Å². The molecule has 0 bridgehead atoms. The van der Waals surface area contributed by atoms with Crippen molar-refractivity contribution in [2.24, 2.45) is 0 Å². The number of nitriles is 1. The second-order valence-corrected chi connectivity index (χ2v) is 5.37. The Morgan fingerprint density at radius 1 is 1.04 bits per heavy atom. The summed E-state index contributed by atoms with van der Waals surface area (Å²) >= 11 is 5.88. The monoisotopic (exact) mass is 322 g/mol. The number of aromatic nitrogens is 1. The maximum absolute atomic E-state index is 14.0. The number of halogens is 2. The summed E-state index contributed by atoms with van der Waals surface area (Å²) < 4.78 is 15.7. The molecule has 0 radical (unpaired) electrons. The number of hydrogen-bond acceptors (Lipinski definition) is 1. The lowest BCUT2D eigenvalue weighted by molar-refractivity contribution is 0.618. The summed E-state index contributed by atoms with van der Waals surface area (Å²) in [6.45, 7) is 0. The van der Waals surface area contributed by atoms with Gasteiger partial charge in [0.25, 0.3) is 0 Å². The lowest BCUT2D eigenvalue weighted by atomic mass is 10.1. The number of rotatable bonds is 3. The van der Waals surface area contributed by atoms with Crippen LogP contribution in [0.2, 0.25) is 5.02 Å². The van der Waals surface area contributed by atoms with Crippen LogP contribution in [-0.2, 0) is 0 Å². The molecule has 3 aromatic rings. The van der Waals surface area contributed by atoms with Crippen LogP contribution in [0, 0.1) is 17.1 Å². The van der Waals surface area contributed by atoms with Crippen molar-refractivity contribution in [2.45, 2.75) is 0 Å². The highest BCUT2D eigenvalue weighted by atomic mass is 35.5. The van der Waals surface area contributed by atoms with Crippen molar-refractivity contribution in [3.8, 4) is 11.8 Å². The van der Waals surface area contributed by atoms with Crippen molar-refractivity contribution < 1.29 is 4.39 Å². The molecule has 0 atom stereocenters. The Morgan fingerprint density at radius 2 is 1.78 bits per heavy atom. The molecular weight excluding hydrogens is 311 g/mol. The maximum Gasteiger partial charge on any atom is 0.147 e. The minimum Gasteiger partial charge on any atom is -0.314 e. The van der Waals surface area contributed by atoms with Crippen molar-refractivity contribution in [2.75, 3.05) is 0 Å². The number of benzene rings is 2. The van der Waals surface area contributed by atoms with Gasteiger partial charge < -0.3 is 4.57 Å². The van der Waals surface area contributed by atoms with Crippen molar-refractivity contribution in [1.29, 1.82) is 5.26 Å². The Hall–Kier alpha value is -2.83. The molecule has 23 heavy (non-hydrogen) atoms. The minimum atomic E-state index is -0.316. The second-order valence-electron chi connectivity index (χ2n) is 4.93. The smallest absolute Gasteiger partial charge is 0.147 e. The number of allylic oxidation sites excluding steroid dienone is 1. The third-order valence-electron chi connectivity index (χ3n) is 3.46. The van der Waals surface area contributed by atoms with Gasteiger partial charge in [-0.2, -0.15) is 5.26 Å². The van der Waals surface area contributed by atoms with E-state index < -0.39 is 0 Å². The van der Waals surface area contributed by atoms with E-state index in [0.717, 1.165) is 11.3 Å². The van der Waals surface area contributed by atoms with E-state index in [1.54, 1.807) is 59.3 Å². The molecule has 0 amide bonds. The molecule has 0 unspecified atom stereocenters. The fraction of sp³-hybridized carbons (Fsp3) is 0. The number of hydrogen-bond donors (Lipinski definition) is 0. The average molecular weight is 323 g/mol. The van der Waals surface area contributed by atoms with Gasteiger partial charge >= 0.3 is 0 Å². The van der Waals surface area contributed by atoms with Crippen LogP contribution in [0.1, 0.15) is 11.3 Å². The van der Waals surface area contributed by atoms with Crippen molar-refractivity contribution in [3.05, 3.63) is 89.0 Å². The maximum atomic E-state index is 14.0. The van der Waals surface area contributed by atoms with Crippen LogP contribution >= 0.6 is 11.6 Å². The summed E-state index contributed by atoms with van der Waals surface area (Å²) in [5, 5.41) is 10.0. The van der Waals surface area contributed by atoms with Crippen molar-refractivity contribution in [3.63, 3.8) is 0 Å². The van der Waals surface area contributed by atoms with Crippen LogP contribution < -0.4 is 0 Å². The van der Waals surface area contributed by atoms with E-state index in [0.29, 0.717) is 16.3 Å². The first kappa shape index (κ1) is 15.1. The first-order chi connectivity index (χ1) is 11.2. The predicted molar refractivity (Wildman–Crippen MR) is 90.7 cm³/mol. The normalized spacial score (nSPS) is 11.3. The minimum absolute atomic E-state index is 0.316. The molecule has 0 N–H and O–H groups in total. The summed E-state index contributed by atoms with van der Waals surface area (Å²) in [5.74, 6) is -0.316. The molecule has 0 aliphatic carbocycles. The summed E-state index contributed by atoms with van der Waals surface area (Å²) in [4.78, 5) is 0. The highest BCUT2D eigenvalue weighted by Gasteiger charge is 2.08. The molecule has 4 heteroatoms. The Labute approximate surface area is 138 Å². The molecule has 2 nitrogen and oxygen atoms in total. The zero-order valence-corrected chi connectivity index (χ0v) is 12.8. The van der Waals surface area contributed by atoms with Gasteiger partial charge in [0.1, 0.15) is 5.82 Å². The third kappa shape index (κ3) is 3.18. The summed E-state index contributed by atoms with van der Waals surface area (Å²) in [5.41, 5.74) is 2.41. The molecule has 0 saturated heterocycles. The van der Waals surface area contributed by atoms with Crippen molar-refractivity contribution >= 4 is 23.3 Å². The fourth-order valence-corrected chi connectivity index (χ4v) is 2.46. The van der Waals surface area contributed by atoms with Gasteiger partial charge in [-0.05, 0) is 48.0 Å². The van der Waals surface area contributed by atoms with Gasteiger partial charge in [-0.15, -0.1) is 0 Å². The SMILES string of the molecule is N#CC(=Cc1cccn1-c1ccccc1F)c1ccc(Cl)cc1. The average Bonchev–Trinajstić information content (AvgIpc) is 3.02. The molecule has 0 spiro atoms. The molecule has 0 aliphatic rings. The standard InChI is InChI=1S/C19H12ClFN2/c20-16-9-7-14(8-10-16)15(13-22)12-17-4-3-11-23(17)19-6-2-1-5-18(19)21/h1-12H. The van der Waals surface area contributed by atoms with Gasteiger partial charge in [0, 0.05) is 16.9 Å². The Bertz CT molecular complexity index is 902. The Kier molecular flexibility index (Phi) is 4.27. The lowest BCUT2D eigenvalue weighted by Crippen LogP contribution is -1.98. The first-order valence-electron chi connectivity index (χ1n) is 6.99. The van der Waals surface area contributed by atoms with E-state index in [4.69, 9.17) is 11.6 Å². The van der Waals surface area contributed by atoms with Gasteiger partial charge in [-0.3, -0.25) is 0 Å². The molecule has 1 aromatic heterocycles. The van der Waals surface area contributed by atoms with Crippen LogP contribution in [-0.4, -0.2) is 4.57 Å². The van der Waals surface area contributed by atoms with Gasteiger partial charge in [0.05, 0.1) is 17.3 Å². The summed E-state index contributed by atoms with van der Waals surface area (Å²) in [6, 6.07) is 19.4. The van der Waals surface area contributed by atoms with E-state index in [9.17, 15) is 9.65 Å². The second kappa shape index (κ2) is 6.51. The Balaban J connectivity index is 2.06. The van der Waals surface area contributed by atoms with Crippen LogP contribution in [0.25, 0.3) is 17.3 Å². The van der Waals surface area contributed by atoms with E-state index in [1.165, 1.54) is 6.07 Å². The van der Waals surface area contributed by atoms with Gasteiger partial charge in [0.15, 0.2) is 0 Å². The van der Waals surface area contributed by atoms with E-state index >= 15 is 0 Å². The number of nitrogens with zero attached hydrogens (tertiary/aromatic N) is 2. The van der Waals surface area contributed by atoms with Crippen molar-refractivity contribution in [1.82, 2.24) is 4.57 Å². The number of para-hydroxylation sites is 1. The largest absolute Gasteiger partial charge is 0.314 e. The van der Waals surface area contributed by atoms with Gasteiger partial charge in [0.2, 0.25) is 0 Å². The molecule has 0 aliphatic heterocycles.